The van der Waals surface area contributed by atoms with Crippen molar-refractivity contribution in [3.63, 3.8) is 0 Å². The largest absolute Gasteiger partial charge is 0.339 e. The number of hydrogen-bond donors (Lipinski definition) is 2. The van der Waals surface area contributed by atoms with Gasteiger partial charge in [0, 0.05) is 0 Å². The van der Waals surface area contributed by atoms with Crippen LogP contribution in [0.5, 0.6) is 0 Å². The Hall–Kier alpha value is -1.10. The van der Waals surface area contributed by atoms with Gasteiger partial charge < -0.3 is 5.32 Å². The summed E-state index contributed by atoms with van der Waals surface area (Å²) < 4.78 is 0. The maximum absolute atomic E-state index is 11.8. The van der Waals surface area contributed by atoms with Crippen molar-refractivity contribution < 1.29 is 9.59 Å². The minimum atomic E-state index is -0.691. The molecule has 0 aromatic carbocycles. The SMILES string of the molecule is CC1CCCC2(C1)NC(=O)N(N)C2=O. The lowest BCUT2D eigenvalue weighted by Gasteiger charge is -2.33. The molecule has 0 radical (unpaired) electrons. The highest BCUT2D eigenvalue weighted by Crippen LogP contribution is 2.35. The standard InChI is InChI=1S/C9H15N3O2/c1-6-3-2-4-9(5-6)7(13)12(10)8(14)11-9/h6H,2-5,10H2,1H3,(H,11,14). The molecule has 5 heteroatoms. The zero-order valence-corrected chi connectivity index (χ0v) is 8.25. The minimum absolute atomic E-state index is 0.269. The van der Waals surface area contributed by atoms with Crippen LogP contribution in [0.4, 0.5) is 4.79 Å². The molecule has 1 aliphatic heterocycles. The van der Waals surface area contributed by atoms with Gasteiger partial charge in [-0.3, -0.25) is 4.79 Å². The second-order valence-electron chi connectivity index (χ2n) is 4.39. The van der Waals surface area contributed by atoms with Gasteiger partial charge in [-0.25, -0.2) is 10.6 Å². The van der Waals surface area contributed by atoms with Gasteiger partial charge in [0.1, 0.15) is 5.54 Å². The molecule has 5 nitrogen and oxygen atoms in total. The van der Waals surface area contributed by atoms with Gasteiger partial charge in [0.05, 0.1) is 0 Å². The summed E-state index contributed by atoms with van der Waals surface area (Å²) in [5.41, 5.74) is -0.691. The Morgan fingerprint density at radius 2 is 2.29 bits per heavy atom. The van der Waals surface area contributed by atoms with E-state index in [0.717, 1.165) is 19.3 Å². The van der Waals surface area contributed by atoms with E-state index in [0.29, 0.717) is 17.3 Å². The number of carbonyl (C=O) groups excluding carboxylic acids is 2. The van der Waals surface area contributed by atoms with Crippen molar-refractivity contribution in [3.05, 3.63) is 0 Å². The summed E-state index contributed by atoms with van der Waals surface area (Å²) in [5, 5.41) is 3.42. The van der Waals surface area contributed by atoms with Crippen LogP contribution in [0.1, 0.15) is 32.6 Å². The van der Waals surface area contributed by atoms with E-state index in [4.69, 9.17) is 5.84 Å². The molecule has 0 bridgehead atoms. The fraction of sp³-hybridized carbons (Fsp3) is 0.778. The Kier molecular flexibility index (Phi) is 1.99. The molecule has 1 saturated heterocycles. The van der Waals surface area contributed by atoms with E-state index < -0.39 is 11.6 Å². The Morgan fingerprint density at radius 3 is 2.79 bits per heavy atom. The monoisotopic (exact) mass is 197 g/mol. The van der Waals surface area contributed by atoms with Crippen LogP contribution in [0.2, 0.25) is 0 Å². The van der Waals surface area contributed by atoms with E-state index in [9.17, 15) is 9.59 Å². The lowest BCUT2D eigenvalue weighted by Crippen LogP contribution is -2.50. The smallest absolute Gasteiger partial charge is 0.322 e. The maximum Gasteiger partial charge on any atom is 0.339 e. The first kappa shape index (κ1) is 9.45. The molecule has 2 rings (SSSR count). The van der Waals surface area contributed by atoms with Crippen molar-refractivity contribution in [1.29, 1.82) is 0 Å². The molecule has 1 heterocycles. The Bertz CT molecular complexity index is 292. The molecule has 0 aromatic heterocycles. The second kappa shape index (κ2) is 2.95. The summed E-state index contributed by atoms with van der Waals surface area (Å²) in [5.74, 6) is 5.55. The number of nitrogens with two attached hydrogens (primary N) is 1. The molecule has 1 aliphatic carbocycles. The lowest BCUT2D eigenvalue weighted by atomic mass is 9.76. The van der Waals surface area contributed by atoms with Crippen molar-refractivity contribution in [3.8, 4) is 0 Å². The molecule has 14 heavy (non-hydrogen) atoms. The molecule has 2 fully saturated rings. The number of hydrazine groups is 1. The summed E-state index contributed by atoms with van der Waals surface area (Å²) in [6.07, 6.45) is 3.53. The van der Waals surface area contributed by atoms with Gasteiger partial charge >= 0.3 is 6.03 Å². The third kappa shape index (κ3) is 1.19. The average Bonchev–Trinajstić information content (AvgIpc) is 2.31. The number of nitrogens with one attached hydrogen (secondary N) is 1. The number of rotatable bonds is 0. The van der Waals surface area contributed by atoms with Crippen LogP contribution >= 0.6 is 0 Å². The lowest BCUT2D eigenvalue weighted by molar-refractivity contribution is -0.133. The van der Waals surface area contributed by atoms with Crippen LogP contribution in [-0.4, -0.2) is 22.5 Å². The van der Waals surface area contributed by atoms with E-state index in [1.807, 2.05) is 0 Å². The quantitative estimate of drug-likeness (QED) is 0.334. The molecule has 2 atom stereocenters. The van der Waals surface area contributed by atoms with E-state index in [1.165, 1.54) is 0 Å². The summed E-state index contributed by atoms with van der Waals surface area (Å²) in [7, 11) is 0. The molecule has 1 spiro atoms. The first-order valence-electron chi connectivity index (χ1n) is 4.96. The zero-order chi connectivity index (χ0) is 10.3. The third-order valence-corrected chi connectivity index (χ3v) is 3.19. The Balaban J connectivity index is 2.24. The maximum atomic E-state index is 11.8. The Morgan fingerprint density at radius 1 is 1.57 bits per heavy atom. The molecule has 3 N–H and O–H groups in total. The average molecular weight is 197 g/mol. The van der Waals surface area contributed by atoms with Crippen LogP contribution in [-0.2, 0) is 4.79 Å². The minimum Gasteiger partial charge on any atom is -0.322 e. The summed E-state index contributed by atoms with van der Waals surface area (Å²) in [6.45, 7) is 2.10. The summed E-state index contributed by atoms with van der Waals surface area (Å²) in [4.78, 5) is 23.0. The molecular formula is C9H15N3O2. The van der Waals surface area contributed by atoms with Gasteiger partial charge in [-0.1, -0.05) is 19.8 Å². The van der Waals surface area contributed by atoms with Crippen molar-refractivity contribution in [2.75, 3.05) is 0 Å². The van der Waals surface area contributed by atoms with Crippen LogP contribution in [0.25, 0.3) is 0 Å². The van der Waals surface area contributed by atoms with Gasteiger partial charge in [-0.2, -0.15) is 5.01 Å². The number of hydrogen-bond acceptors (Lipinski definition) is 3. The Labute approximate surface area is 82.6 Å². The number of carbonyl (C=O) groups is 2. The van der Waals surface area contributed by atoms with Gasteiger partial charge in [0.15, 0.2) is 0 Å². The predicted molar refractivity (Wildman–Crippen MR) is 49.9 cm³/mol. The normalized spacial score (nSPS) is 37.9. The van der Waals surface area contributed by atoms with E-state index in [1.54, 1.807) is 0 Å². The van der Waals surface area contributed by atoms with Crippen LogP contribution in [0.15, 0.2) is 0 Å². The number of nitrogens with zero attached hydrogens (tertiary/aromatic N) is 1. The van der Waals surface area contributed by atoms with Gasteiger partial charge in [-0.05, 0) is 18.8 Å². The topological polar surface area (TPSA) is 75.4 Å². The fourth-order valence-corrected chi connectivity index (χ4v) is 2.50. The van der Waals surface area contributed by atoms with Gasteiger partial charge in [0.25, 0.3) is 5.91 Å². The molecule has 0 aromatic rings. The number of imide groups is 1. The predicted octanol–water partition coefficient (Wildman–Crippen LogP) is 0.361. The molecule has 1 saturated carbocycles. The highest BCUT2D eigenvalue weighted by Gasteiger charge is 2.51. The summed E-state index contributed by atoms with van der Waals surface area (Å²) in [6, 6.07) is -0.468. The molecular weight excluding hydrogens is 182 g/mol. The summed E-state index contributed by atoms with van der Waals surface area (Å²) >= 11 is 0. The van der Waals surface area contributed by atoms with Gasteiger partial charge in [-0.15, -0.1) is 0 Å². The first-order chi connectivity index (χ1) is 6.55. The fourth-order valence-electron chi connectivity index (χ4n) is 2.50. The highest BCUT2D eigenvalue weighted by atomic mass is 16.2. The van der Waals surface area contributed by atoms with Crippen LogP contribution in [0.3, 0.4) is 0 Å². The molecule has 78 valence electrons. The number of urea groups is 1. The first-order valence-corrected chi connectivity index (χ1v) is 4.96. The van der Waals surface area contributed by atoms with Crippen molar-refractivity contribution >= 4 is 11.9 Å². The molecule has 2 aliphatic rings. The van der Waals surface area contributed by atoms with E-state index in [2.05, 4.69) is 12.2 Å². The van der Waals surface area contributed by atoms with Crippen molar-refractivity contribution in [2.45, 2.75) is 38.1 Å². The number of amides is 3. The van der Waals surface area contributed by atoms with Gasteiger partial charge in [0.2, 0.25) is 0 Å². The van der Waals surface area contributed by atoms with Crippen molar-refractivity contribution in [1.82, 2.24) is 10.3 Å². The third-order valence-electron chi connectivity index (χ3n) is 3.19. The molecule has 2 unspecified atom stereocenters. The van der Waals surface area contributed by atoms with Crippen molar-refractivity contribution in [2.24, 2.45) is 11.8 Å². The van der Waals surface area contributed by atoms with Crippen LogP contribution in [0, 0.1) is 5.92 Å². The van der Waals surface area contributed by atoms with E-state index in [-0.39, 0.29) is 5.91 Å². The van der Waals surface area contributed by atoms with E-state index >= 15 is 0 Å². The second-order valence-corrected chi connectivity index (χ2v) is 4.39. The van der Waals surface area contributed by atoms with Crippen LogP contribution < -0.4 is 11.2 Å². The zero-order valence-electron chi connectivity index (χ0n) is 8.25. The highest BCUT2D eigenvalue weighted by molar-refractivity contribution is 6.06. The molecule has 3 amide bonds.